The topological polar surface area (TPSA) is 92.4 Å². The van der Waals surface area contributed by atoms with Crippen LogP contribution >= 0.6 is 11.6 Å². The highest BCUT2D eigenvalue weighted by Gasteiger charge is 2.25. The number of aryl methyl sites for hydroxylation is 1. The largest absolute Gasteiger partial charge is 0.382 e. The number of anilines is 3. The fourth-order valence-corrected chi connectivity index (χ4v) is 4.95. The minimum atomic E-state index is -3.77. The number of rotatable bonds is 4. The number of nitrogen functional groups attached to an aromatic ring is 1. The van der Waals surface area contributed by atoms with Crippen molar-refractivity contribution < 1.29 is 8.42 Å². The summed E-state index contributed by atoms with van der Waals surface area (Å²) in [7, 11) is -3.77. The summed E-state index contributed by atoms with van der Waals surface area (Å²) in [4.78, 5) is 12.9. The summed E-state index contributed by atoms with van der Waals surface area (Å²) in [6.07, 6.45) is 1.30. The molecule has 7 nitrogen and oxygen atoms in total. The van der Waals surface area contributed by atoms with E-state index in [1.165, 1.54) is 6.20 Å². The van der Waals surface area contributed by atoms with Crippen molar-refractivity contribution in [2.24, 2.45) is 0 Å². The van der Waals surface area contributed by atoms with Gasteiger partial charge in [0.05, 0.1) is 21.8 Å². The van der Waals surface area contributed by atoms with Gasteiger partial charge in [0.1, 0.15) is 10.7 Å². The molecule has 2 heterocycles. The molecule has 3 aromatic rings. The van der Waals surface area contributed by atoms with E-state index >= 15 is 0 Å². The first-order chi connectivity index (χ1) is 14.4. The molecule has 156 valence electrons. The maximum atomic E-state index is 12.9. The van der Waals surface area contributed by atoms with Gasteiger partial charge in [-0.15, -0.1) is 0 Å². The summed E-state index contributed by atoms with van der Waals surface area (Å²) in [5.41, 5.74) is 8.01. The summed E-state index contributed by atoms with van der Waals surface area (Å²) in [5.74, 6) is 0.378. The Labute approximate surface area is 181 Å². The second-order valence-electron chi connectivity index (χ2n) is 7.16. The number of sulfone groups is 1. The molecule has 30 heavy (non-hydrogen) atoms. The molecular formula is C21H22ClN5O2S. The van der Waals surface area contributed by atoms with Crippen LogP contribution in [0, 0.1) is 6.92 Å². The molecule has 0 spiro atoms. The van der Waals surface area contributed by atoms with E-state index in [4.69, 9.17) is 17.3 Å². The van der Waals surface area contributed by atoms with Crippen LogP contribution in [0.3, 0.4) is 0 Å². The smallest absolute Gasteiger partial charge is 0.227 e. The fourth-order valence-electron chi connectivity index (χ4n) is 3.43. The van der Waals surface area contributed by atoms with Crippen molar-refractivity contribution in [3.63, 3.8) is 0 Å². The summed E-state index contributed by atoms with van der Waals surface area (Å²) >= 11 is 6.30. The second-order valence-corrected chi connectivity index (χ2v) is 9.49. The summed E-state index contributed by atoms with van der Waals surface area (Å²) in [6, 6.07) is 14.4. The van der Waals surface area contributed by atoms with Crippen LogP contribution < -0.4 is 15.5 Å². The minimum Gasteiger partial charge on any atom is -0.382 e. The molecular weight excluding hydrogens is 422 g/mol. The van der Waals surface area contributed by atoms with E-state index in [2.05, 4.69) is 14.9 Å². The number of benzene rings is 2. The average Bonchev–Trinajstić information content (AvgIpc) is 2.74. The summed E-state index contributed by atoms with van der Waals surface area (Å²) in [5, 5.41) is 0.720. The van der Waals surface area contributed by atoms with E-state index in [0.29, 0.717) is 19.0 Å². The van der Waals surface area contributed by atoms with Gasteiger partial charge >= 0.3 is 0 Å². The van der Waals surface area contributed by atoms with Gasteiger partial charge in [-0.05, 0) is 31.2 Å². The van der Waals surface area contributed by atoms with Gasteiger partial charge in [-0.3, -0.25) is 0 Å². The Bertz CT molecular complexity index is 1160. The number of nitrogens with two attached hydrogens (primary N) is 1. The first-order valence-corrected chi connectivity index (χ1v) is 11.4. The number of hydrogen-bond donors (Lipinski definition) is 1. The highest BCUT2D eigenvalue weighted by molar-refractivity contribution is 7.91. The third kappa shape index (κ3) is 3.93. The lowest BCUT2D eigenvalue weighted by atomic mass is 10.2. The standard InChI is InChI=1S/C21H22ClN5O2S/c1-15-6-8-16(9-7-15)30(28,29)19-14-24-21(25-20(19)23)27-12-10-26(11-13-27)18-5-3-2-4-17(18)22/h2-9,14H,10-13H2,1H3,(H2,23,24,25). The Morgan fingerprint density at radius 3 is 2.23 bits per heavy atom. The number of nitrogens with zero attached hydrogens (tertiary/aromatic N) is 4. The third-order valence-corrected chi connectivity index (χ3v) is 7.25. The van der Waals surface area contributed by atoms with Crippen LogP contribution in [0.2, 0.25) is 5.02 Å². The Hall–Kier alpha value is -2.84. The third-order valence-electron chi connectivity index (χ3n) is 5.15. The molecule has 2 N–H and O–H groups in total. The van der Waals surface area contributed by atoms with Crippen LogP contribution in [0.1, 0.15) is 5.56 Å². The monoisotopic (exact) mass is 443 g/mol. The number of hydrogen-bond acceptors (Lipinski definition) is 7. The fraction of sp³-hybridized carbons (Fsp3) is 0.238. The maximum Gasteiger partial charge on any atom is 0.227 e. The SMILES string of the molecule is Cc1ccc(S(=O)(=O)c2cnc(N3CCN(c4ccccc4Cl)CC3)nc2N)cc1. The van der Waals surface area contributed by atoms with E-state index in [-0.39, 0.29) is 15.6 Å². The van der Waals surface area contributed by atoms with Crippen molar-refractivity contribution in [3.8, 4) is 0 Å². The molecule has 1 saturated heterocycles. The average molecular weight is 444 g/mol. The Morgan fingerprint density at radius 2 is 1.60 bits per heavy atom. The molecule has 0 unspecified atom stereocenters. The number of para-hydroxylation sites is 1. The predicted octanol–water partition coefficient (Wildman–Crippen LogP) is 3.18. The molecule has 1 fully saturated rings. The van der Waals surface area contributed by atoms with Crippen LogP contribution in [-0.2, 0) is 9.84 Å². The van der Waals surface area contributed by atoms with E-state index in [0.717, 1.165) is 29.4 Å². The molecule has 0 atom stereocenters. The van der Waals surface area contributed by atoms with Crippen molar-refractivity contribution in [2.75, 3.05) is 41.7 Å². The van der Waals surface area contributed by atoms with Crippen LogP contribution in [0.5, 0.6) is 0 Å². The lowest BCUT2D eigenvalue weighted by Gasteiger charge is -2.36. The molecule has 0 saturated carbocycles. The zero-order valence-corrected chi connectivity index (χ0v) is 18.1. The molecule has 0 amide bonds. The van der Waals surface area contributed by atoms with Crippen LogP contribution in [0.4, 0.5) is 17.5 Å². The minimum absolute atomic E-state index is 0.0471. The predicted molar refractivity (Wildman–Crippen MR) is 119 cm³/mol. The Balaban J connectivity index is 1.52. The lowest BCUT2D eigenvalue weighted by molar-refractivity contribution is 0.595. The van der Waals surface area contributed by atoms with E-state index in [1.807, 2.05) is 36.1 Å². The van der Waals surface area contributed by atoms with Gasteiger partial charge < -0.3 is 15.5 Å². The normalized spacial score (nSPS) is 14.7. The zero-order chi connectivity index (χ0) is 21.3. The molecule has 4 rings (SSSR count). The molecule has 2 aromatic carbocycles. The van der Waals surface area contributed by atoms with Crippen LogP contribution in [0.25, 0.3) is 0 Å². The number of halogens is 1. The van der Waals surface area contributed by atoms with Gasteiger partial charge in [-0.25, -0.2) is 13.4 Å². The van der Waals surface area contributed by atoms with Gasteiger partial charge in [-0.1, -0.05) is 41.4 Å². The maximum absolute atomic E-state index is 12.9. The molecule has 1 aromatic heterocycles. The lowest BCUT2D eigenvalue weighted by Crippen LogP contribution is -2.47. The van der Waals surface area contributed by atoms with Gasteiger partial charge in [-0.2, -0.15) is 4.98 Å². The van der Waals surface area contributed by atoms with Gasteiger partial charge in [0.15, 0.2) is 0 Å². The van der Waals surface area contributed by atoms with E-state index in [1.54, 1.807) is 24.3 Å². The first-order valence-electron chi connectivity index (χ1n) is 9.55. The van der Waals surface area contributed by atoms with Crippen molar-refractivity contribution in [1.29, 1.82) is 0 Å². The highest BCUT2D eigenvalue weighted by Crippen LogP contribution is 2.28. The number of aromatic nitrogens is 2. The number of piperazine rings is 1. The van der Waals surface area contributed by atoms with Crippen molar-refractivity contribution in [2.45, 2.75) is 16.7 Å². The zero-order valence-electron chi connectivity index (χ0n) is 16.5. The van der Waals surface area contributed by atoms with Crippen LogP contribution in [0.15, 0.2) is 64.5 Å². The molecule has 0 aliphatic carbocycles. The quantitative estimate of drug-likeness (QED) is 0.661. The van der Waals surface area contributed by atoms with Gasteiger partial charge in [0.2, 0.25) is 15.8 Å². The van der Waals surface area contributed by atoms with Crippen LogP contribution in [-0.4, -0.2) is 44.6 Å². The van der Waals surface area contributed by atoms with E-state index in [9.17, 15) is 8.42 Å². The Kier molecular flexibility index (Phi) is 5.53. The highest BCUT2D eigenvalue weighted by atomic mass is 35.5. The molecule has 0 radical (unpaired) electrons. The molecule has 1 aliphatic rings. The summed E-state index contributed by atoms with van der Waals surface area (Å²) in [6.45, 7) is 4.74. The van der Waals surface area contributed by atoms with Gasteiger partial charge in [0.25, 0.3) is 0 Å². The van der Waals surface area contributed by atoms with E-state index < -0.39 is 9.84 Å². The van der Waals surface area contributed by atoms with Crippen molar-refractivity contribution in [3.05, 3.63) is 65.3 Å². The molecule has 0 bridgehead atoms. The van der Waals surface area contributed by atoms with Gasteiger partial charge in [0, 0.05) is 26.2 Å². The Morgan fingerprint density at radius 1 is 0.967 bits per heavy atom. The first kappa shape index (κ1) is 20.4. The van der Waals surface area contributed by atoms with Crippen molar-refractivity contribution >= 4 is 38.9 Å². The molecule has 1 aliphatic heterocycles. The molecule has 9 heteroatoms. The second kappa shape index (κ2) is 8.12. The summed E-state index contributed by atoms with van der Waals surface area (Å²) < 4.78 is 25.8. The van der Waals surface area contributed by atoms with Crippen molar-refractivity contribution in [1.82, 2.24) is 9.97 Å².